The van der Waals surface area contributed by atoms with Crippen LogP contribution in [-0.2, 0) is 20.0 Å². The lowest BCUT2D eigenvalue weighted by molar-refractivity contribution is -0.135. The van der Waals surface area contributed by atoms with Crippen molar-refractivity contribution in [3.63, 3.8) is 0 Å². The third kappa shape index (κ3) is 3.66. The van der Waals surface area contributed by atoms with Gasteiger partial charge in [0.15, 0.2) is 10.4 Å². The molecule has 8 heteroatoms. The van der Waals surface area contributed by atoms with Gasteiger partial charge in [-0.1, -0.05) is 13.3 Å². The Labute approximate surface area is 125 Å². The Kier molecular flexibility index (Phi) is 4.75. The standard InChI is InChI=1S/C13H19F3N4S/c1-3-6-9-10-11(19(2)18-9)20(12(21)17-10)8-5-4-7-13(14,15)16/h3-8H2,1-2H3,(H,17,21). The number of halogens is 3. The topological polar surface area (TPSA) is 38.5 Å². The molecule has 118 valence electrons. The second-order valence-corrected chi connectivity index (χ2v) is 5.56. The van der Waals surface area contributed by atoms with Crippen LogP contribution in [0, 0.1) is 4.77 Å². The van der Waals surface area contributed by atoms with Crippen LogP contribution in [0.2, 0.25) is 0 Å². The Morgan fingerprint density at radius 1 is 1.29 bits per heavy atom. The molecule has 2 aromatic rings. The van der Waals surface area contributed by atoms with Gasteiger partial charge in [0.25, 0.3) is 0 Å². The summed E-state index contributed by atoms with van der Waals surface area (Å²) in [6, 6.07) is 0. The van der Waals surface area contributed by atoms with Crippen LogP contribution in [0.5, 0.6) is 0 Å². The van der Waals surface area contributed by atoms with Gasteiger partial charge in [-0.05, 0) is 31.5 Å². The minimum atomic E-state index is -4.09. The first-order chi connectivity index (χ1) is 9.83. The number of hydrogen-bond donors (Lipinski definition) is 1. The third-order valence-electron chi connectivity index (χ3n) is 3.40. The number of fused-ring (bicyclic) bond motifs is 1. The van der Waals surface area contributed by atoms with Gasteiger partial charge in [-0.15, -0.1) is 0 Å². The lowest BCUT2D eigenvalue weighted by atomic mass is 10.2. The molecule has 2 aromatic heterocycles. The fourth-order valence-electron chi connectivity index (χ4n) is 2.49. The molecule has 2 rings (SSSR count). The quantitative estimate of drug-likeness (QED) is 0.642. The lowest BCUT2D eigenvalue weighted by Crippen LogP contribution is -2.08. The molecule has 0 bridgehead atoms. The SMILES string of the molecule is CCCc1nn(C)c2c1[nH]c(=S)n2CCCCC(F)(F)F. The number of rotatable bonds is 6. The maximum absolute atomic E-state index is 12.2. The molecule has 0 radical (unpaired) electrons. The largest absolute Gasteiger partial charge is 0.389 e. The molecule has 0 spiro atoms. The van der Waals surface area contributed by atoms with E-state index in [4.69, 9.17) is 12.2 Å². The van der Waals surface area contributed by atoms with Gasteiger partial charge in [0.05, 0.1) is 5.69 Å². The van der Waals surface area contributed by atoms with Crippen LogP contribution in [0.1, 0.15) is 38.3 Å². The molecule has 4 nitrogen and oxygen atoms in total. The van der Waals surface area contributed by atoms with E-state index in [1.54, 1.807) is 4.68 Å². The van der Waals surface area contributed by atoms with Crippen LogP contribution in [-0.4, -0.2) is 25.5 Å². The predicted octanol–water partition coefficient (Wildman–Crippen LogP) is 4.12. The minimum absolute atomic E-state index is 0.109. The monoisotopic (exact) mass is 320 g/mol. The van der Waals surface area contributed by atoms with Crippen molar-refractivity contribution in [1.82, 2.24) is 19.3 Å². The maximum Gasteiger partial charge on any atom is 0.389 e. The summed E-state index contributed by atoms with van der Waals surface area (Å²) in [4.78, 5) is 3.13. The second kappa shape index (κ2) is 6.21. The van der Waals surface area contributed by atoms with Crippen molar-refractivity contribution >= 4 is 23.4 Å². The Bertz CT molecular complexity index is 665. The number of aromatic nitrogens is 4. The molecular weight excluding hydrogens is 301 g/mol. The first-order valence-corrected chi connectivity index (χ1v) is 7.45. The van der Waals surface area contributed by atoms with E-state index >= 15 is 0 Å². The van der Waals surface area contributed by atoms with Crippen molar-refractivity contribution < 1.29 is 13.2 Å². The summed E-state index contributed by atoms with van der Waals surface area (Å²) in [6.45, 7) is 2.54. The Hall–Kier alpha value is -1.31. The number of hydrogen-bond acceptors (Lipinski definition) is 2. The number of unbranched alkanes of at least 4 members (excludes halogenated alkanes) is 1. The van der Waals surface area contributed by atoms with Gasteiger partial charge in [0.1, 0.15) is 5.52 Å². The highest BCUT2D eigenvalue weighted by Crippen LogP contribution is 2.23. The van der Waals surface area contributed by atoms with Crippen LogP contribution < -0.4 is 0 Å². The average molecular weight is 320 g/mol. The number of aryl methyl sites for hydroxylation is 3. The van der Waals surface area contributed by atoms with Crippen molar-refractivity contribution in [3.05, 3.63) is 10.5 Å². The normalized spacial score (nSPS) is 12.4. The van der Waals surface area contributed by atoms with Crippen molar-refractivity contribution in [2.75, 3.05) is 0 Å². The second-order valence-electron chi connectivity index (χ2n) is 5.17. The highest BCUT2D eigenvalue weighted by Gasteiger charge is 2.26. The van der Waals surface area contributed by atoms with Gasteiger partial charge >= 0.3 is 6.18 Å². The average Bonchev–Trinajstić information content (AvgIpc) is 2.84. The van der Waals surface area contributed by atoms with E-state index in [1.807, 2.05) is 11.6 Å². The fourth-order valence-corrected chi connectivity index (χ4v) is 2.77. The number of nitrogens with zero attached hydrogens (tertiary/aromatic N) is 3. The number of nitrogens with one attached hydrogen (secondary N) is 1. The first-order valence-electron chi connectivity index (χ1n) is 7.04. The van der Waals surface area contributed by atoms with Crippen LogP contribution in [0.25, 0.3) is 11.2 Å². The molecule has 0 aliphatic carbocycles. The van der Waals surface area contributed by atoms with E-state index in [0.717, 1.165) is 29.7 Å². The summed E-state index contributed by atoms with van der Waals surface area (Å²) in [5.74, 6) is 0. The molecule has 2 heterocycles. The molecule has 0 fully saturated rings. The van der Waals surface area contributed by atoms with Gasteiger partial charge in [0, 0.05) is 20.0 Å². The van der Waals surface area contributed by atoms with Crippen LogP contribution in [0.4, 0.5) is 13.2 Å². The van der Waals surface area contributed by atoms with Gasteiger partial charge in [0.2, 0.25) is 0 Å². The van der Waals surface area contributed by atoms with Gasteiger partial charge in [-0.3, -0.25) is 4.68 Å². The van der Waals surface area contributed by atoms with Gasteiger partial charge in [-0.25, -0.2) is 0 Å². The maximum atomic E-state index is 12.2. The molecular formula is C13H19F3N4S. The number of imidazole rings is 1. The van der Waals surface area contributed by atoms with E-state index in [0.29, 0.717) is 17.7 Å². The van der Waals surface area contributed by atoms with Crippen molar-refractivity contribution in [2.45, 2.75) is 51.7 Å². The molecule has 0 saturated carbocycles. The number of aromatic amines is 1. The summed E-state index contributed by atoms with van der Waals surface area (Å²) in [5, 5.41) is 4.45. The summed E-state index contributed by atoms with van der Waals surface area (Å²) >= 11 is 5.28. The van der Waals surface area contributed by atoms with Crippen molar-refractivity contribution in [1.29, 1.82) is 0 Å². The smallest absolute Gasteiger partial charge is 0.328 e. The summed E-state index contributed by atoms with van der Waals surface area (Å²) in [7, 11) is 1.83. The zero-order valence-electron chi connectivity index (χ0n) is 12.1. The molecule has 0 atom stereocenters. The zero-order chi connectivity index (χ0) is 15.6. The summed E-state index contributed by atoms with van der Waals surface area (Å²) in [5.41, 5.74) is 2.71. The molecule has 0 amide bonds. The Balaban J connectivity index is 2.16. The highest BCUT2D eigenvalue weighted by molar-refractivity contribution is 7.71. The fraction of sp³-hybridized carbons (Fsp3) is 0.692. The van der Waals surface area contributed by atoms with E-state index in [1.165, 1.54) is 0 Å². The lowest BCUT2D eigenvalue weighted by Gasteiger charge is -2.07. The molecule has 0 aliphatic rings. The van der Waals surface area contributed by atoms with Gasteiger partial charge in [-0.2, -0.15) is 18.3 Å². The highest BCUT2D eigenvalue weighted by atomic mass is 32.1. The Morgan fingerprint density at radius 2 is 2.00 bits per heavy atom. The molecule has 0 unspecified atom stereocenters. The first kappa shape index (κ1) is 16.1. The molecule has 1 N–H and O–H groups in total. The van der Waals surface area contributed by atoms with Crippen LogP contribution in [0.15, 0.2) is 0 Å². The van der Waals surface area contributed by atoms with E-state index in [9.17, 15) is 13.2 Å². The molecule has 0 saturated heterocycles. The van der Waals surface area contributed by atoms with Crippen LogP contribution in [0.3, 0.4) is 0 Å². The van der Waals surface area contributed by atoms with Gasteiger partial charge < -0.3 is 9.55 Å². The van der Waals surface area contributed by atoms with Crippen molar-refractivity contribution in [3.8, 4) is 0 Å². The van der Waals surface area contributed by atoms with E-state index in [2.05, 4.69) is 17.0 Å². The van der Waals surface area contributed by atoms with Crippen LogP contribution >= 0.6 is 12.2 Å². The summed E-state index contributed by atoms with van der Waals surface area (Å²) < 4.78 is 40.6. The zero-order valence-corrected chi connectivity index (χ0v) is 12.9. The number of alkyl halides is 3. The molecule has 0 aromatic carbocycles. The molecule has 21 heavy (non-hydrogen) atoms. The Morgan fingerprint density at radius 3 is 2.62 bits per heavy atom. The molecule has 0 aliphatic heterocycles. The summed E-state index contributed by atoms with van der Waals surface area (Å²) in [6.07, 6.45) is -2.47. The van der Waals surface area contributed by atoms with E-state index in [-0.39, 0.29) is 6.42 Å². The van der Waals surface area contributed by atoms with E-state index < -0.39 is 12.6 Å². The minimum Gasteiger partial charge on any atom is -0.328 e. The predicted molar refractivity (Wildman–Crippen MR) is 77.8 cm³/mol. The van der Waals surface area contributed by atoms with Crippen molar-refractivity contribution in [2.24, 2.45) is 7.05 Å². The number of H-pyrrole nitrogens is 1. The third-order valence-corrected chi connectivity index (χ3v) is 3.72.